The van der Waals surface area contributed by atoms with Crippen LogP contribution in [0.5, 0.6) is 0 Å². The van der Waals surface area contributed by atoms with Crippen LogP contribution in [0.1, 0.15) is 34.6 Å². The zero-order valence-electron chi connectivity index (χ0n) is 11.4. The van der Waals surface area contributed by atoms with Crippen LogP contribution < -0.4 is 5.32 Å². The summed E-state index contributed by atoms with van der Waals surface area (Å²) < 4.78 is 5.06. The molecule has 5 heteroatoms. The van der Waals surface area contributed by atoms with Gasteiger partial charge in [0.2, 0.25) is 0 Å². The van der Waals surface area contributed by atoms with Crippen molar-refractivity contribution in [2.24, 2.45) is 0 Å². The van der Waals surface area contributed by atoms with Gasteiger partial charge in [-0.3, -0.25) is 4.79 Å². The number of aliphatic hydroxyl groups excluding tert-OH is 1. The third kappa shape index (κ3) is 4.12. The highest BCUT2D eigenvalue weighted by Crippen LogP contribution is 2.17. The Kier molecular flexibility index (Phi) is 5.04. The highest BCUT2D eigenvalue weighted by atomic mass is 35.5. The Hall–Kier alpha value is -2.22. The van der Waals surface area contributed by atoms with Gasteiger partial charge >= 0.3 is 0 Å². The van der Waals surface area contributed by atoms with Gasteiger partial charge in [0, 0.05) is 5.56 Å². The molecule has 1 amide bonds. The van der Waals surface area contributed by atoms with E-state index in [1.807, 2.05) is 31.2 Å². The topological polar surface area (TPSA) is 62.5 Å². The summed E-state index contributed by atoms with van der Waals surface area (Å²) in [6.07, 6.45) is 0. The zero-order chi connectivity index (χ0) is 15.2. The molecule has 21 heavy (non-hydrogen) atoms. The summed E-state index contributed by atoms with van der Waals surface area (Å²) in [5.41, 5.74) is 1.69. The first kappa shape index (κ1) is 15.2. The lowest BCUT2D eigenvalue weighted by Crippen LogP contribution is -2.26. The average molecular weight is 304 g/mol. The van der Waals surface area contributed by atoms with Crippen molar-refractivity contribution in [3.05, 3.63) is 58.5 Å². The SMILES string of the molecule is CC(NC(=O)c1ccc(Cl)o1)c1cccc(C#CCO)c1. The van der Waals surface area contributed by atoms with Crippen LogP contribution in [0.4, 0.5) is 0 Å². The molecule has 0 bridgehead atoms. The first-order chi connectivity index (χ1) is 10.1. The molecule has 1 unspecified atom stereocenters. The van der Waals surface area contributed by atoms with E-state index in [1.165, 1.54) is 12.1 Å². The van der Waals surface area contributed by atoms with Crippen molar-refractivity contribution in [3.8, 4) is 11.8 Å². The Bertz CT molecular complexity index is 697. The lowest BCUT2D eigenvalue weighted by Gasteiger charge is -2.13. The maximum absolute atomic E-state index is 12.0. The summed E-state index contributed by atoms with van der Waals surface area (Å²) in [6.45, 7) is 1.68. The van der Waals surface area contributed by atoms with E-state index in [4.69, 9.17) is 21.1 Å². The minimum absolute atomic E-state index is 0.170. The van der Waals surface area contributed by atoms with Gasteiger partial charge in [-0.15, -0.1) is 0 Å². The summed E-state index contributed by atoms with van der Waals surface area (Å²) in [4.78, 5) is 12.0. The molecule has 1 aromatic carbocycles. The van der Waals surface area contributed by atoms with Gasteiger partial charge in [0.05, 0.1) is 6.04 Å². The second-order valence-corrected chi connectivity index (χ2v) is 4.76. The number of hydrogen-bond acceptors (Lipinski definition) is 3. The number of furan rings is 1. The summed E-state index contributed by atoms with van der Waals surface area (Å²) >= 11 is 5.65. The molecule has 1 atom stereocenters. The fraction of sp³-hybridized carbons (Fsp3) is 0.188. The van der Waals surface area contributed by atoms with Gasteiger partial charge in [0.15, 0.2) is 11.0 Å². The maximum Gasteiger partial charge on any atom is 0.287 e. The van der Waals surface area contributed by atoms with Crippen LogP contribution in [0.15, 0.2) is 40.8 Å². The van der Waals surface area contributed by atoms with Gasteiger partial charge < -0.3 is 14.8 Å². The van der Waals surface area contributed by atoms with Gasteiger partial charge in [0.1, 0.15) is 6.61 Å². The molecule has 108 valence electrons. The van der Waals surface area contributed by atoms with Crippen molar-refractivity contribution < 1.29 is 14.3 Å². The van der Waals surface area contributed by atoms with Crippen molar-refractivity contribution in [2.75, 3.05) is 6.61 Å². The van der Waals surface area contributed by atoms with Gasteiger partial charge in [-0.1, -0.05) is 24.0 Å². The molecule has 0 fully saturated rings. The standard InChI is InChI=1S/C16H14ClNO3/c1-11(18-16(20)14-7-8-15(17)21-14)13-6-2-4-12(10-13)5-3-9-19/h2,4,6-8,10-11,19H,9H2,1H3,(H,18,20). The van der Waals surface area contributed by atoms with Crippen LogP contribution >= 0.6 is 11.6 Å². The Morgan fingerprint density at radius 1 is 1.43 bits per heavy atom. The maximum atomic E-state index is 12.0. The second-order valence-electron chi connectivity index (χ2n) is 4.38. The first-order valence-electron chi connectivity index (χ1n) is 6.36. The normalized spacial score (nSPS) is 11.4. The Morgan fingerprint density at radius 3 is 2.90 bits per heavy atom. The predicted molar refractivity (Wildman–Crippen MR) is 80.0 cm³/mol. The summed E-state index contributed by atoms with van der Waals surface area (Å²) in [5, 5.41) is 11.7. The van der Waals surface area contributed by atoms with E-state index >= 15 is 0 Å². The van der Waals surface area contributed by atoms with E-state index in [0.717, 1.165) is 11.1 Å². The van der Waals surface area contributed by atoms with E-state index in [-0.39, 0.29) is 29.5 Å². The van der Waals surface area contributed by atoms with E-state index in [2.05, 4.69) is 17.2 Å². The van der Waals surface area contributed by atoms with E-state index in [9.17, 15) is 4.79 Å². The molecule has 0 spiro atoms. The highest BCUT2D eigenvalue weighted by molar-refractivity contribution is 6.29. The zero-order valence-corrected chi connectivity index (χ0v) is 12.1. The summed E-state index contributed by atoms with van der Waals surface area (Å²) in [5.74, 6) is 5.26. The monoisotopic (exact) mass is 303 g/mol. The van der Waals surface area contributed by atoms with Gasteiger partial charge in [-0.2, -0.15) is 0 Å². The quantitative estimate of drug-likeness (QED) is 0.857. The van der Waals surface area contributed by atoms with Gasteiger partial charge in [-0.25, -0.2) is 0 Å². The molecule has 0 saturated heterocycles. The number of benzene rings is 1. The lowest BCUT2D eigenvalue weighted by atomic mass is 10.1. The number of carbonyl (C=O) groups is 1. The van der Waals surface area contributed by atoms with Crippen molar-refractivity contribution in [1.29, 1.82) is 0 Å². The van der Waals surface area contributed by atoms with Crippen molar-refractivity contribution >= 4 is 17.5 Å². The van der Waals surface area contributed by atoms with E-state index in [0.29, 0.717) is 0 Å². The number of hydrogen-bond donors (Lipinski definition) is 2. The van der Waals surface area contributed by atoms with Crippen LogP contribution in [0.25, 0.3) is 0 Å². The van der Waals surface area contributed by atoms with Crippen LogP contribution in [0.3, 0.4) is 0 Å². The number of amides is 1. The van der Waals surface area contributed by atoms with E-state index < -0.39 is 0 Å². The molecule has 0 aliphatic rings. The largest absolute Gasteiger partial charge is 0.440 e. The number of aliphatic hydroxyl groups is 1. The Balaban J connectivity index is 2.09. The van der Waals surface area contributed by atoms with Crippen molar-refractivity contribution in [2.45, 2.75) is 13.0 Å². The molecule has 4 nitrogen and oxygen atoms in total. The minimum Gasteiger partial charge on any atom is -0.440 e. The average Bonchev–Trinajstić information content (AvgIpc) is 2.92. The Morgan fingerprint density at radius 2 is 2.24 bits per heavy atom. The Labute approximate surface area is 127 Å². The molecular formula is C16H14ClNO3. The molecule has 1 aromatic heterocycles. The summed E-state index contributed by atoms with van der Waals surface area (Å²) in [6, 6.07) is 10.3. The first-order valence-corrected chi connectivity index (χ1v) is 6.74. The lowest BCUT2D eigenvalue weighted by molar-refractivity contribution is 0.0912. The van der Waals surface area contributed by atoms with Crippen LogP contribution in [0.2, 0.25) is 5.22 Å². The van der Waals surface area contributed by atoms with Gasteiger partial charge in [-0.05, 0) is 48.4 Å². The van der Waals surface area contributed by atoms with Gasteiger partial charge in [0.25, 0.3) is 5.91 Å². The highest BCUT2D eigenvalue weighted by Gasteiger charge is 2.14. The molecule has 0 saturated carbocycles. The summed E-state index contributed by atoms with van der Waals surface area (Å²) in [7, 11) is 0. The van der Waals surface area contributed by atoms with E-state index in [1.54, 1.807) is 0 Å². The molecule has 2 N–H and O–H groups in total. The molecule has 2 rings (SSSR count). The smallest absolute Gasteiger partial charge is 0.287 e. The molecule has 0 aliphatic heterocycles. The molecule has 0 aliphatic carbocycles. The van der Waals surface area contributed by atoms with Crippen LogP contribution in [-0.2, 0) is 0 Å². The fourth-order valence-electron chi connectivity index (χ4n) is 1.81. The third-order valence-corrected chi connectivity index (χ3v) is 3.05. The minimum atomic E-state index is -0.332. The van der Waals surface area contributed by atoms with Crippen molar-refractivity contribution in [3.63, 3.8) is 0 Å². The molecule has 2 aromatic rings. The van der Waals surface area contributed by atoms with Crippen LogP contribution in [0, 0.1) is 11.8 Å². The molecule has 1 heterocycles. The molecule has 0 radical (unpaired) electrons. The second kappa shape index (κ2) is 6.98. The van der Waals surface area contributed by atoms with Crippen LogP contribution in [-0.4, -0.2) is 17.6 Å². The van der Waals surface area contributed by atoms with Crippen molar-refractivity contribution in [1.82, 2.24) is 5.32 Å². The predicted octanol–water partition coefficient (Wildman–Crippen LogP) is 2.77. The fourth-order valence-corrected chi connectivity index (χ4v) is 1.96. The number of halogens is 1. The number of carbonyl (C=O) groups excluding carboxylic acids is 1. The number of rotatable bonds is 3. The molecular weight excluding hydrogens is 290 g/mol. The third-order valence-electron chi connectivity index (χ3n) is 2.84. The number of nitrogens with one attached hydrogen (secondary N) is 1.